The number of nitrogens with one attached hydrogen (secondary N) is 2. The monoisotopic (exact) mass is 972 g/mol. The second-order valence-corrected chi connectivity index (χ2v) is 18.2. The summed E-state index contributed by atoms with van der Waals surface area (Å²) in [7, 11) is 3.29. The normalized spacial score (nSPS) is 22.1. The Morgan fingerprint density at radius 3 is 1.17 bits per heavy atom. The smallest absolute Gasteiger partial charge is 0.258 e. The van der Waals surface area contributed by atoms with Crippen LogP contribution in [0.1, 0.15) is 94.6 Å². The number of hydrogen-bond acceptors (Lipinski definition) is 6. The van der Waals surface area contributed by atoms with Gasteiger partial charge in [0.2, 0.25) is 11.8 Å². The molecule has 4 amide bonds. The Hall–Kier alpha value is -7.86. The molecule has 6 aromatic carbocycles. The zero-order valence-corrected chi connectivity index (χ0v) is 41.1. The van der Waals surface area contributed by atoms with E-state index in [1.807, 2.05) is 111 Å². The van der Waals surface area contributed by atoms with Crippen molar-refractivity contribution in [3.63, 3.8) is 0 Å². The fourth-order valence-electron chi connectivity index (χ4n) is 8.69. The molecule has 0 spiro atoms. The van der Waals surface area contributed by atoms with E-state index in [0.717, 1.165) is 22.3 Å². The molecule has 0 aromatic heterocycles. The number of carbonyl (C=O) groups excluding carboxylic acids is 4. The Kier molecular flexibility index (Phi) is 18.3. The first-order valence-corrected chi connectivity index (χ1v) is 24.4. The minimum absolute atomic E-state index is 0.151. The fourth-order valence-corrected chi connectivity index (χ4v) is 8.69. The number of nitrogens with zero attached hydrogens (tertiary/aromatic N) is 2. The van der Waals surface area contributed by atoms with Crippen LogP contribution in [-0.4, -0.2) is 71.8 Å². The average molecular weight is 973 g/mol. The van der Waals surface area contributed by atoms with Gasteiger partial charge in [0.25, 0.3) is 11.8 Å². The molecule has 0 unspecified atom stereocenters. The molecule has 0 fully saturated rings. The summed E-state index contributed by atoms with van der Waals surface area (Å²) in [6.07, 6.45) is 10.8. The first kappa shape index (κ1) is 52.0. The number of para-hydroxylation sites is 2. The van der Waals surface area contributed by atoms with Crippen molar-refractivity contribution in [3.8, 4) is 11.5 Å². The lowest BCUT2D eigenvalue weighted by atomic mass is 9.99. The Labute approximate surface area is 421 Å². The maximum absolute atomic E-state index is 13.7. The van der Waals surface area contributed by atoms with Gasteiger partial charge in [-0.1, -0.05) is 133 Å². The number of carbonyl (C=O) groups is 4. The molecule has 2 aliphatic rings. The van der Waals surface area contributed by atoms with Gasteiger partial charge in [0, 0.05) is 39.8 Å². The van der Waals surface area contributed by atoms with Crippen molar-refractivity contribution >= 4 is 23.6 Å². The molecule has 6 aromatic rings. The van der Waals surface area contributed by atoms with Crippen LogP contribution in [0.2, 0.25) is 0 Å². The second-order valence-electron chi connectivity index (χ2n) is 18.2. The van der Waals surface area contributed by atoms with Gasteiger partial charge in [-0.2, -0.15) is 0 Å². The molecule has 12 heteroatoms. The van der Waals surface area contributed by atoms with Crippen LogP contribution in [0.4, 0.5) is 8.78 Å². The highest BCUT2D eigenvalue weighted by atomic mass is 19.1. The van der Waals surface area contributed by atoms with E-state index in [0.29, 0.717) is 61.2 Å². The first-order valence-electron chi connectivity index (χ1n) is 24.4. The summed E-state index contributed by atoms with van der Waals surface area (Å²) in [5.74, 6) is -0.815. The molecular weight excluding hydrogens is 911 g/mol. The van der Waals surface area contributed by atoms with E-state index in [4.69, 9.17) is 9.47 Å². The van der Waals surface area contributed by atoms with Gasteiger partial charge in [-0.05, 0) is 97.5 Å². The van der Waals surface area contributed by atoms with Crippen molar-refractivity contribution in [3.05, 3.63) is 227 Å². The number of likely N-dealkylation sites (N-methyl/N-ethyl adjacent to an activating group) is 2. The number of ether oxygens (including phenoxy) is 2. The highest BCUT2D eigenvalue weighted by molar-refractivity contribution is 6.00. The van der Waals surface area contributed by atoms with Crippen molar-refractivity contribution in [1.29, 1.82) is 0 Å². The van der Waals surface area contributed by atoms with Crippen LogP contribution >= 0.6 is 0 Å². The predicted molar refractivity (Wildman–Crippen MR) is 276 cm³/mol. The molecule has 0 saturated heterocycles. The van der Waals surface area contributed by atoms with Crippen molar-refractivity contribution in [2.75, 3.05) is 14.1 Å². The van der Waals surface area contributed by atoms with Gasteiger partial charge in [0.05, 0.1) is 35.4 Å². The molecule has 0 bridgehead atoms. The quantitative estimate of drug-likeness (QED) is 0.161. The third kappa shape index (κ3) is 14.1. The van der Waals surface area contributed by atoms with Crippen LogP contribution in [0.25, 0.3) is 0 Å². The summed E-state index contributed by atoms with van der Waals surface area (Å²) >= 11 is 0. The average Bonchev–Trinajstić information content (AvgIpc) is 3.39. The highest BCUT2D eigenvalue weighted by Crippen LogP contribution is 2.28. The molecule has 72 heavy (non-hydrogen) atoms. The minimum Gasteiger partial charge on any atom is -0.490 e. The first-order chi connectivity index (χ1) is 34.8. The zero-order chi connectivity index (χ0) is 51.0. The molecular formula is C60H62F2N4O6. The summed E-state index contributed by atoms with van der Waals surface area (Å²) in [5.41, 5.74) is 4.29. The van der Waals surface area contributed by atoms with Gasteiger partial charge < -0.3 is 29.9 Å². The highest BCUT2D eigenvalue weighted by Gasteiger charge is 2.33. The lowest BCUT2D eigenvalue weighted by Gasteiger charge is -2.30. The Bertz CT molecular complexity index is 2610. The molecule has 6 atom stereocenters. The third-order valence-corrected chi connectivity index (χ3v) is 12.8. The van der Waals surface area contributed by atoms with Crippen LogP contribution in [0.5, 0.6) is 11.5 Å². The Morgan fingerprint density at radius 1 is 0.458 bits per heavy atom. The number of halogens is 2. The van der Waals surface area contributed by atoms with Crippen LogP contribution < -0.4 is 20.1 Å². The lowest BCUT2D eigenvalue weighted by molar-refractivity contribution is -0.126. The van der Waals surface area contributed by atoms with Crippen LogP contribution in [-0.2, 0) is 22.4 Å². The maximum Gasteiger partial charge on any atom is 0.258 e. The van der Waals surface area contributed by atoms with Gasteiger partial charge in [0.15, 0.2) is 0 Å². The van der Waals surface area contributed by atoms with E-state index >= 15 is 0 Å². The van der Waals surface area contributed by atoms with Crippen molar-refractivity contribution in [2.45, 2.75) is 88.7 Å². The van der Waals surface area contributed by atoms with Crippen molar-refractivity contribution in [1.82, 2.24) is 20.4 Å². The molecule has 372 valence electrons. The molecule has 2 heterocycles. The van der Waals surface area contributed by atoms with Gasteiger partial charge in [-0.3, -0.25) is 19.2 Å². The van der Waals surface area contributed by atoms with E-state index in [9.17, 15) is 28.0 Å². The van der Waals surface area contributed by atoms with Crippen LogP contribution in [0.3, 0.4) is 0 Å². The number of hydrogen-bond donors (Lipinski definition) is 2. The second kappa shape index (κ2) is 25.3. The van der Waals surface area contributed by atoms with E-state index < -0.39 is 12.1 Å². The van der Waals surface area contributed by atoms with E-state index in [1.165, 1.54) is 34.1 Å². The molecule has 2 aliphatic heterocycles. The van der Waals surface area contributed by atoms with E-state index in [2.05, 4.69) is 10.6 Å². The minimum atomic E-state index is -0.764. The predicted octanol–water partition coefficient (Wildman–Crippen LogP) is 11.0. The third-order valence-electron chi connectivity index (χ3n) is 12.8. The molecule has 0 saturated carbocycles. The SMILES string of the molecule is C[C@@H]1C/C=C/C[C@@H](c2ccc(F)cc2)NC(=O)[C@@H](Cc2ccccc2)N(C)C(=O)c2ccccc2O1.C[C@@H]1C/C=C\C[C@@H](c2ccc(F)cc2)NC(=O)[C@@H](Cc2ccccc2)N(C)C(=O)c2ccccc2O1. The molecule has 10 nitrogen and oxygen atoms in total. The van der Waals surface area contributed by atoms with Gasteiger partial charge in [-0.25, -0.2) is 8.78 Å². The van der Waals surface area contributed by atoms with E-state index in [1.54, 1.807) is 74.8 Å². The number of rotatable bonds is 6. The summed E-state index contributed by atoms with van der Waals surface area (Å²) in [6, 6.07) is 43.5. The maximum atomic E-state index is 13.7. The summed E-state index contributed by atoms with van der Waals surface area (Å²) in [5, 5.41) is 6.25. The van der Waals surface area contributed by atoms with Crippen LogP contribution in [0, 0.1) is 11.6 Å². The Morgan fingerprint density at radius 2 is 0.792 bits per heavy atom. The van der Waals surface area contributed by atoms with Crippen molar-refractivity contribution < 1.29 is 37.4 Å². The number of fused-ring (bicyclic) bond motifs is 2. The van der Waals surface area contributed by atoms with E-state index in [-0.39, 0.29) is 59.6 Å². The standard InChI is InChI=1S/2C30H31FN2O3/c2*1-21-10-6-8-14-26(23-16-18-24(31)19-17-23)32-29(34)27(20-22-11-4-3-5-12-22)33(2)30(35)25-13-7-9-15-28(25)36-21/h2*3-9,11-13,15-19,21,26-27H,10,14,20H2,1-2H3,(H,32,34)/b8-6+;8-6-/t2*21-,26+,27-/m11/s1. The van der Waals surface area contributed by atoms with Gasteiger partial charge in [-0.15, -0.1) is 0 Å². The zero-order valence-electron chi connectivity index (χ0n) is 41.1. The lowest BCUT2D eigenvalue weighted by Crippen LogP contribution is -2.49. The molecule has 8 rings (SSSR count). The number of amides is 4. The van der Waals surface area contributed by atoms with Gasteiger partial charge >= 0.3 is 0 Å². The molecule has 0 aliphatic carbocycles. The fraction of sp³-hybridized carbons (Fsp3) is 0.267. The summed E-state index contributed by atoms with van der Waals surface area (Å²) < 4.78 is 39.4. The Balaban J connectivity index is 0.000000211. The molecule has 2 N–H and O–H groups in total. The molecule has 0 radical (unpaired) electrons. The topological polar surface area (TPSA) is 117 Å². The largest absolute Gasteiger partial charge is 0.490 e. The van der Waals surface area contributed by atoms with Gasteiger partial charge in [0.1, 0.15) is 35.2 Å². The van der Waals surface area contributed by atoms with Crippen molar-refractivity contribution in [2.24, 2.45) is 0 Å². The summed E-state index contributed by atoms with van der Waals surface area (Å²) in [6.45, 7) is 3.91. The summed E-state index contributed by atoms with van der Waals surface area (Å²) in [4.78, 5) is 57.7. The van der Waals surface area contributed by atoms with Crippen LogP contribution in [0.15, 0.2) is 182 Å². The number of benzene rings is 6.